The largest absolute Gasteiger partial charge is 0.469 e. The third kappa shape index (κ3) is 5.45. The van der Waals surface area contributed by atoms with Crippen molar-refractivity contribution >= 4 is 11.9 Å². The number of amides is 1. The number of rotatable bonds is 7. The maximum absolute atomic E-state index is 12.9. The number of ether oxygens (including phenoxy) is 1. The van der Waals surface area contributed by atoms with Gasteiger partial charge in [-0.05, 0) is 31.0 Å². The Labute approximate surface area is 149 Å². The fourth-order valence-electron chi connectivity index (χ4n) is 2.75. The highest BCUT2D eigenvalue weighted by Crippen LogP contribution is 2.12. The van der Waals surface area contributed by atoms with Crippen molar-refractivity contribution in [3.05, 3.63) is 71.3 Å². The summed E-state index contributed by atoms with van der Waals surface area (Å²) in [6.45, 7) is 4.64. The van der Waals surface area contributed by atoms with E-state index in [-0.39, 0.29) is 17.8 Å². The van der Waals surface area contributed by atoms with E-state index in [0.29, 0.717) is 18.7 Å². The van der Waals surface area contributed by atoms with Crippen LogP contribution in [0.2, 0.25) is 0 Å². The summed E-state index contributed by atoms with van der Waals surface area (Å²) in [6, 6.07) is 17.5. The van der Waals surface area contributed by atoms with Crippen molar-refractivity contribution in [1.29, 1.82) is 0 Å². The summed E-state index contributed by atoms with van der Waals surface area (Å²) in [4.78, 5) is 26.5. The van der Waals surface area contributed by atoms with Gasteiger partial charge in [-0.1, -0.05) is 55.0 Å². The fourth-order valence-corrected chi connectivity index (χ4v) is 2.75. The number of aryl methyl sites for hydroxylation is 1. The van der Waals surface area contributed by atoms with E-state index in [1.165, 1.54) is 7.11 Å². The number of benzene rings is 2. The minimum absolute atomic E-state index is 0.0598. The molecule has 132 valence electrons. The molecule has 0 saturated heterocycles. The molecule has 0 heterocycles. The lowest BCUT2D eigenvalue weighted by atomic mass is 10.1. The molecule has 2 rings (SSSR count). The second-order valence-corrected chi connectivity index (χ2v) is 6.28. The van der Waals surface area contributed by atoms with Crippen LogP contribution in [0.3, 0.4) is 0 Å². The van der Waals surface area contributed by atoms with Crippen molar-refractivity contribution < 1.29 is 14.3 Å². The van der Waals surface area contributed by atoms with Crippen molar-refractivity contribution in [3.63, 3.8) is 0 Å². The van der Waals surface area contributed by atoms with Crippen LogP contribution in [-0.2, 0) is 16.0 Å². The van der Waals surface area contributed by atoms with E-state index < -0.39 is 0 Å². The molecular weight excluding hydrogens is 314 g/mol. The van der Waals surface area contributed by atoms with Gasteiger partial charge in [0.25, 0.3) is 5.91 Å². The summed E-state index contributed by atoms with van der Waals surface area (Å²) in [6.07, 6.45) is 0.742. The van der Waals surface area contributed by atoms with Gasteiger partial charge in [-0.15, -0.1) is 0 Å². The van der Waals surface area contributed by atoms with Crippen LogP contribution in [0.5, 0.6) is 0 Å². The Morgan fingerprint density at radius 3 is 2.44 bits per heavy atom. The topological polar surface area (TPSA) is 46.6 Å². The molecule has 0 aliphatic carbocycles. The third-order valence-corrected chi connectivity index (χ3v) is 4.16. The first kappa shape index (κ1) is 18.7. The third-order valence-electron chi connectivity index (χ3n) is 4.16. The number of carbonyl (C=O) groups is 2. The van der Waals surface area contributed by atoms with Crippen LogP contribution in [0.4, 0.5) is 0 Å². The highest BCUT2D eigenvalue weighted by atomic mass is 16.5. The molecule has 0 saturated carbocycles. The lowest BCUT2D eigenvalue weighted by molar-refractivity contribution is -0.145. The molecule has 1 unspecified atom stereocenters. The number of esters is 1. The normalized spacial score (nSPS) is 11.6. The second kappa shape index (κ2) is 9.02. The zero-order valence-electron chi connectivity index (χ0n) is 15.1. The van der Waals surface area contributed by atoms with Crippen molar-refractivity contribution in [2.24, 2.45) is 5.92 Å². The van der Waals surface area contributed by atoms with Crippen LogP contribution in [0.15, 0.2) is 54.6 Å². The predicted octanol–water partition coefficient (Wildman–Crippen LogP) is 3.49. The van der Waals surface area contributed by atoms with E-state index in [1.807, 2.05) is 61.5 Å². The Bertz CT molecular complexity index is 712. The maximum Gasteiger partial charge on any atom is 0.310 e. The second-order valence-electron chi connectivity index (χ2n) is 6.28. The van der Waals surface area contributed by atoms with Crippen molar-refractivity contribution in [2.45, 2.75) is 20.3 Å². The number of nitrogens with zero attached hydrogens (tertiary/aromatic N) is 1. The highest BCUT2D eigenvalue weighted by molar-refractivity contribution is 5.94. The van der Waals surface area contributed by atoms with Gasteiger partial charge in [0.05, 0.1) is 13.0 Å². The van der Waals surface area contributed by atoms with Gasteiger partial charge in [0.2, 0.25) is 0 Å². The summed E-state index contributed by atoms with van der Waals surface area (Å²) in [5.41, 5.74) is 2.84. The zero-order valence-corrected chi connectivity index (χ0v) is 15.1. The van der Waals surface area contributed by atoms with Gasteiger partial charge < -0.3 is 9.64 Å². The lowest BCUT2D eigenvalue weighted by Gasteiger charge is -2.25. The smallest absolute Gasteiger partial charge is 0.310 e. The average molecular weight is 339 g/mol. The van der Waals surface area contributed by atoms with Crippen LogP contribution in [-0.4, -0.2) is 37.0 Å². The van der Waals surface area contributed by atoms with Gasteiger partial charge in [-0.25, -0.2) is 0 Å². The number of hydrogen-bond donors (Lipinski definition) is 0. The molecule has 2 aromatic rings. The Kier molecular flexibility index (Phi) is 6.75. The number of methoxy groups -OCH3 is 1. The molecule has 4 heteroatoms. The summed E-state index contributed by atoms with van der Waals surface area (Å²) >= 11 is 0. The molecule has 0 spiro atoms. The van der Waals surface area contributed by atoms with E-state index in [0.717, 1.165) is 17.5 Å². The lowest BCUT2D eigenvalue weighted by Crippen LogP contribution is -2.38. The fraction of sp³-hybridized carbons (Fsp3) is 0.333. The standard InChI is InChI=1S/C21H25NO3/c1-16-8-7-11-19(14-16)20(23)22(15-17(2)21(24)25-3)13-12-18-9-5-4-6-10-18/h4-11,14,17H,12-13,15H2,1-3H3. The molecule has 25 heavy (non-hydrogen) atoms. The summed E-state index contributed by atoms with van der Waals surface area (Å²) in [7, 11) is 1.37. The minimum Gasteiger partial charge on any atom is -0.469 e. The Morgan fingerprint density at radius 2 is 1.80 bits per heavy atom. The molecule has 2 aromatic carbocycles. The number of hydrogen-bond acceptors (Lipinski definition) is 3. The Hall–Kier alpha value is -2.62. The predicted molar refractivity (Wildman–Crippen MR) is 98.4 cm³/mol. The SMILES string of the molecule is COC(=O)C(C)CN(CCc1ccccc1)C(=O)c1cccc(C)c1. The Balaban J connectivity index is 2.15. The molecule has 0 fully saturated rings. The molecule has 1 amide bonds. The highest BCUT2D eigenvalue weighted by Gasteiger charge is 2.22. The van der Waals surface area contributed by atoms with Crippen molar-refractivity contribution in [1.82, 2.24) is 4.90 Å². The first-order valence-electron chi connectivity index (χ1n) is 8.49. The van der Waals surface area contributed by atoms with Crippen LogP contribution in [0, 0.1) is 12.8 Å². The summed E-state index contributed by atoms with van der Waals surface area (Å²) < 4.78 is 4.80. The van der Waals surface area contributed by atoms with Gasteiger partial charge in [-0.2, -0.15) is 0 Å². The zero-order chi connectivity index (χ0) is 18.2. The van der Waals surface area contributed by atoms with E-state index in [9.17, 15) is 9.59 Å². The molecule has 4 nitrogen and oxygen atoms in total. The minimum atomic E-state index is -0.366. The molecule has 1 atom stereocenters. The molecule has 0 aliphatic rings. The average Bonchev–Trinajstić information content (AvgIpc) is 2.64. The molecule has 0 bridgehead atoms. The van der Waals surface area contributed by atoms with Gasteiger partial charge in [-0.3, -0.25) is 9.59 Å². The number of carbonyl (C=O) groups excluding carboxylic acids is 2. The van der Waals surface area contributed by atoms with E-state index >= 15 is 0 Å². The van der Waals surface area contributed by atoms with Gasteiger partial charge in [0, 0.05) is 18.7 Å². The molecule has 0 N–H and O–H groups in total. The molecule has 0 aliphatic heterocycles. The van der Waals surface area contributed by atoms with Crippen molar-refractivity contribution in [2.75, 3.05) is 20.2 Å². The van der Waals surface area contributed by atoms with E-state index in [1.54, 1.807) is 11.8 Å². The van der Waals surface area contributed by atoms with Crippen LogP contribution in [0.1, 0.15) is 28.4 Å². The Morgan fingerprint density at radius 1 is 1.08 bits per heavy atom. The molecule has 0 aromatic heterocycles. The molecule has 0 radical (unpaired) electrons. The van der Waals surface area contributed by atoms with Crippen LogP contribution in [0.25, 0.3) is 0 Å². The first-order valence-corrected chi connectivity index (χ1v) is 8.49. The first-order chi connectivity index (χ1) is 12.0. The summed E-state index contributed by atoms with van der Waals surface area (Å²) in [5.74, 6) is -0.730. The monoisotopic (exact) mass is 339 g/mol. The van der Waals surface area contributed by atoms with E-state index in [2.05, 4.69) is 0 Å². The maximum atomic E-state index is 12.9. The van der Waals surface area contributed by atoms with Crippen LogP contribution < -0.4 is 0 Å². The van der Waals surface area contributed by atoms with Gasteiger partial charge in [0.1, 0.15) is 0 Å². The van der Waals surface area contributed by atoms with E-state index in [4.69, 9.17) is 4.74 Å². The van der Waals surface area contributed by atoms with Crippen LogP contribution >= 0.6 is 0 Å². The van der Waals surface area contributed by atoms with Gasteiger partial charge in [0.15, 0.2) is 0 Å². The summed E-state index contributed by atoms with van der Waals surface area (Å²) in [5, 5.41) is 0. The molecular formula is C21H25NO3. The van der Waals surface area contributed by atoms with Crippen molar-refractivity contribution in [3.8, 4) is 0 Å². The van der Waals surface area contributed by atoms with Gasteiger partial charge >= 0.3 is 5.97 Å². The quantitative estimate of drug-likeness (QED) is 0.726.